The lowest BCUT2D eigenvalue weighted by Gasteiger charge is -2.41. The molecule has 0 aliphatic heterocycles. The molecule has 0 N–H and O–H groups in total. The van der Waals surface area contributed by atoms with Crippen LogP contribution in [0.25, 0.3) is 11.1 Å². The van der Waals surface area contributed by atoms with Crippen LogP contribution in [0.1, 0.15) is 51.3 Å². The molecule has 1 amide bonds. The SMILES string of the molecule is C=CC[C@H]([C@H](OCc1ccccc1)[C@@H](OCc1ccccc1)[C@H](OCc1ccccc1)C(=O)COCc1ccccc1)N(Cc1ccc(OC)cc1)C(=O)OCC1c2ccccc2-c2ccccc21. The standard InChI is InChI=1S/C60H59NO8/c1-3-20-55(61(37-44-33-35-49(64-2)36-34-44)60(63)69-42-54-52-31-18-16-29-50(52)51-30-17-19-32-53(51)54)57(66-39-46-23-10-5-11-24-46)59(68-41-48-27-14-7-15-28-48)58(67-40-47-25-12-6-13-26-47)56(62)43-65-38-45-21-8-4-9-22-45/h3-19,21-36,54-55,57-59H,1,20,37-43H2,2H3/t55-,57+,58-,59-/m1/s1. The fraction of sp³-hybridized carbons (Fsp3) is 0.233. The predicted octanol–water partition coefficient (Wildman–Crippen LogP) is 11.9. The molecule has 9 nitrogen and oxygen atoms in total. The molecule has 0 heterocycles. The molecule has 0 aromatic heterocycles. The van der Waals surface area contributed by atoms with E-state index in [1.807, 2.05) is 170 Å². The fourth-order valence-electron chi connectivity index (χ4n) is 8.90. The highest BCUT2D eigenvalue weighted by Crippen LogP contribution is 2.44. The van der Waals surface area contributed by atoms with Gasteiger partial charge in [-0.25, -0.2) is 4.79 Å². The van der Waals surface area contributed by atoms with E-state index in [0.29, 0.717) is 5.75 Å². The first-order valence-electron chi connectivity index (χ1n) is 23.5. The van der Waals surface area contributed by atoms with Gasteiger partial charge in [-0.3, -0.25) is 9.69 Å². The zero-order chi connectivity index (χ0) is 47.6. The summed E-state index contributed by atoms with van der Waals surface area (Å²) in [6.07, 6.45) is -1.85. The topological polar surface area (TPSA) is 92.8 Å². The quantitative estimate of drug-likeness (QED) is 0.0524. The van der Waals surface area contributed by atoms with E-state index in [1.165, 1.54) is 0 Å². The molecule has 7 aromatic carbocycles. The molecular weight excluding hydrogens is 863 g/mol. The van der Waals surface area contributed by atoms with E-state index in [9.17, 15) is 4.79 Å². The number of Topliss-reactive ketones (excluding diaryl/α,β-unsaturated/α-hetero) is 1. The Morgan fingerprint density at radius 1 is 0.551 bits per heavy atom. The van der Waals surface area contributed by atoms with Crippen molar-refractivity contribution < 1.29 is 38.0 Å². The van der Waals surface area contributed by atoms with Gasteiger partial charge in [0, 0.05) is 12.5 Å². The van der Waals surface area contributed by atoms with Crippen molar-refractivity contribution in [3.63, 3.8) is 0 Å². The van der Waals surface area contributed by atoms with E-state index in [1.54, 1.807) is 18.1 Å². The Balaban J connectivity index is 1.20. The van der Waals surface area contributed by atoms with Crippen molar-refractivity contribution in [3.05, 3.63) is 246 Å². The van der Waals surface area contributed by atoms with Crippen molar-refractivity contribution in [1.82, 2.24) is 4.90 Å². The van der Waals surface area contributed by atoms with E-state index in [0.717, 1.165) is 50.1 Å². The van der Waals surface area contributed by atoms with Crippen LogP contribution in [0.3, 0.4) is 0 Å². The number of ether oxygens (including phenoxy) is 6. The molecule has 9 heteroatoms. The van der Waals surface area contributed by atoms with Gasteiger partial charge in [-0.15, -0.1) is 6.58 Å². The molecule has 0 fully saturated rings. The van der Waals surface area contributed by atoms with Crippen LogP contribution in [0, 0.1) is 0 Å². The molecule has 0 saturated heterocycles. The highest BCUT2D eigenvalue weighted by molar-refractivity contribution is 5.85. The molecule has 1 aliphatic carbocycles. The maximum atomic E-state index is 15.3. The van der Waals surface area contributed by atoms with Gasteiger partial charge in [0.15, 0.2) is 5.78 Å². The zero-order valence-corrected chi connectivity index (χ0v) is 39.0. The number of nitrogens with zero attached hydrogens (tertiary/aromatic N) is 1. The number of hydrogen-bond acceptors (Lipinski definition) is 8. The number of ketones is 1. The number of fused-ring (bicyclic) bond motifs is 3. The molecule has 4 atom stereocenters. The summed E-state index contributed by atoms with van der Waals surface area (Å²) in [4.78, 5) is 31.9. The first kappa shape index (κ1) is 48.3. The van der Waals surface area contributed by atoms with Crippen LogP contribution in [0.2, 0.25) is 0 Å². The van der Waals surface area contributed by atoms with Crippen LogP contribution in [-0.4, -0.2) is 61.5 Å². The number of carbonyl (C=O) groups is 2. The van der Waals surface area contributed by atoms with Crippen LogP contribution in [-0.2, 0) is 61.5 Å². The molecule has 0 unspecified atom stereocenters. The van der Waals surface area contributed by atoms with Crippen molar-refractivity contribution in [2.75, 3.05) is 20.3 Å². The molecule has 0 saturated carbocycles. The van der Waals surface area contributed by atoms with E-state index in [-0.39, 0.29) is 64.3 Å². The van der Waals surface area contributed by atoms with Crippen LogP contribution in [0.5, 0.6) is 5.75 Å². The minimum absolute atomic E-state index is 0.0936. The third-order valence-corrected chi connectivity index (χ3v) is 12.4. The highest BCUT2D eigenvalue weighted by atomic mass is 16.6. The van der Waals surface area contributed by atoms with Crippen molar-refractivity contribution in [2.45, 2.75) is 69.7 Å². The number of benzene rings is 7. The Morgan fingerprint density at radius 2 is 1.01 bits per heavy atom. The molecular formula is C60H59NO8. The van der Waals surface area contributed by atoms with Crippen molar-refractivity contribution >= 4 is 11.9 Å². The van der Waals surface area contributed by atoms with E-state index in [4.69, 9.17) is 28.4 Å². The summed E-state index contributed by atoms with van der Waals surface area (Å²) in [5.74, 6) is 0.158. The second-order valence-corrected chi connectivity index (χ2v) is 17.1. The summed E-state index contributed by atoms with van der Waals surface area (Å²) in [6, 6.07) is 62.3. The van der Waals surface area contributed by atoms with Gasteiger partial charge in [0.1, 0.15) is 37.3 Å². The van der Waals surface area contributed by atoms with Gasteiger partial charge in [0.05, 0.1) is 39.6 Å². The van der Waals surface area contributed by atoms with Gasteiger partial charge in [-0.05, 0) is 68.6 Å². The molecule has 0 spiro atoms. The maximum Gasteiger partial charge on any atom is 0.410 e. The molecule has 1 aliphatic rings. The highest BCUT2D eigenvalue weighted by Gasteiger charge is 2.44. The summed E-state index contributed by atoms with van der Waals surface area (Å²) >= 11 is 0. The van der Waals surface area contributed by atoms with Crippen molar-refractivity contribution in [2.24, 2.45) is 0 Å². The van der Waals surface area contributed by atoms with Crippen molar-refractivity contribution in [1.29, 1.82) is 0 Å². The van der Waals surface area contributed by atoms with Gasteiger partial charge in [0.25, 0.3) is 0 Å². The predicted molar refractivity (Wildman–Crippen MR) is 268 cm³/mol. The summed E-state index contributed by atoms with van der Waals surface area (Å²) in [6.45, 7) is 4.72. The minimum atomic E-state index is -1.22. The van der Waals surface area contributed by atoms with Crippen molar-refractivity contribution in [3.8, 4) is 16.9 Å². The second-order valence-electron chi connectivity index (χ2n) is 17.1. The number of methoxy groups -OCH3 is 1. The zero-order valence-electron chi connectivity index (χ0n) is 39.0. The van der Waals surface area contributed by atoms with Gasteiger partial charge < -0.3 is 28.4 Å². The number of hydrogen-bond donors (Lipinski definition) is 0. The number of amides is 1. The summed E-state index contributed by atoms with van der Waals surface area (Å²) in [5, 5.41) is 0. The Kier molecular flexibility index (Phi) is 17.3. The fourth-order valence-corrected chi connectivity index (χ4v) is 8.90. The second kappa shape index (κ2) is 24.8. The maximum absolute atomic E-state index is 15.3. The normalized spacial score (nSPS) is 13.6. The smallest absolute Gasteiger partial charge is 0.410 e. The molecule has 7 aromatic rings. The first-order valence-corrected chi connectivity index (χ1v) is 23.5. The monoisotopic (exact) mass is 921 g/mol. The van der Waals surface area contributed by atoms with E-state index >= 15 is 4.79 Å². The summed E-state index contributed by atoms with van der Waals surface area (Å²) in [5.41, 5.74) is 8.84. The molecule has 0 bridgehead atoms. The summed E-state index contributed by atoms with van der Waals surface area (Å²) < 4.78 is 39.0. The molecule has 0 radical (unpaired) electrons. The van der Waals surface area contributed by atoms with E-state index in [2.05, 4.69) is 30.8 Å². The van der Waals surface area contributed by atoms with Gasteiger partial charge in [-0.1, -0.05) is 188 Å². The minimum Gasteiger partial charge on any atom is -0.497 e. The lowest BCUT2D eigenvalue weighted by atomic mass is 9.93. The summed E-state index contributed by atoms with van der Waals surface area (Å²) in [7, 11) is 1.62. The molecule has 352 valence electrons. The first-order chi connectivity index (χ1) is 34.0. The van der Waals surface area contributed by atoms with Crippen LogP contribution < -0.4 is 4.74 Å². The average Bonchev–Trinajstić information content (AvgIpc) is 3.72. The molecule has 69 heavy (non-hydrogen) atoms. The average molecular weight is 922 g/mol. The Labute approximate surface area is 405 Å². The number of rotatable bonds is 25. The van der Waals surface area contributed by atoms with Crippen LogP contribution in [0.4, 0.5) is 4.79 Å². The third kappa shape index (κ3) is 12.9. The van der Waals surface area contributed by atoms with Gasteiger partial charge in [0.2, 0.25) is 0 Å². The number of carbonyl (C=O) groups excluding carboxylic acids is 2. The van der Waals surface area contributed by atoms with E-state index < -0.39 is 30.4 Å². The molecule has 8 rings (SSSR count). The van der Waals surface area contributed by atoms with Gasteiger partial charge >= 0.3 is 6.09 Å². The van der Waals surface area contributed by atoms with Gasteiger partial charge in [-0.2, -0.15) is 0 Å². The lowest BCUT2D eigenvalue weighted by molar-refractivity contribution is -0.179. The third-order valence-electron chi connectivity index (χ3n) is 12.4. The Bertz CT molecular complexity index is 2630. The van der Waals surface area contributed by atoms with Crippen LogP contribution in [0.15, 0.2) is 207 Å². The lowest BCUT2D eigenvalue weighted by Crippen LogP contribution is -2.57. The Morgan fingerprint density at radius 3 is 1.52 bits per heavy atom. The largest absolute Gasteiger partial charge is 0.497 e. The Hall–Kier alpha value is -7.14. The van der Waals surface area contributed by atoms with Crippen LogP contribution >= 0.6 is 0 Å².